The van der Waals surface area contributed by atoms with Crippen LogP contribution in [0.5, 0.6) is 0 Å². The Bertz CT molecular complexity index is 29.1. The smallest absolute Gasteiger partial charge is 0.00546 e. The van der Waals surface area contributed by atoms with Gasteiger partial charge in [0.15, 0.2) is 0 Å². The average Bonchev–Trinajstić information content (AvgIpc) is 1.93. The molecule has 0 saturated heterocycles. The fourth-order valence-electron chi connectivity index (χ4n) is 0.250. The van der Waals surface area contributed by atoms with Crippen molar-refractivity contribution in [2.24, 2.45) is 5.92 Å². The van der Waals surface area contributed by atoms with E-state index in [-0.39, 0.29) is 0 Å². The lowest BCUT2D eigenvalue weighted by molar-refractivity contribution is 0.737. The summed E-state index contributed by atoms with van der Waals surface area (Å²) in [5.41, 5.74) is 0. The normalized spacial score (nSPS) is 7.64. The number of rotatable bonds is 2. The van der Waals surface area contributed by atoms with Crippen molar-refractivity contribution in [1.29, 1.82) is 0 Å². The van der Waals surface area contributed by atoms with Crippen molar-refractivity contribution in [1.82, 2.24) is 5.32 Å². The Labute approximate surface area is 73.6 Å². The molecular weight excluding hydrogens is 134 g/mol. The molecule has 0 aliphatic carbocycles. The second-order valence-corrected chi connectivity index (χ2v) is 2.84. The van der Waals surface area contributed by atoms with Crippen LogP contribution in [0.4, 0.5) is 0 Å². The zero-order chi connectivity index (χ0) is 9.70. The van der Waals surface area contributed by atoms with Crippen LogP contribution in [-0.2, 0) is 0 Å². The quantitative estimate of drug-likeness (QED) is 0.655. The molecule has 0 amide bonds. The molecule has 1 N–H and O–H groups in total. The molecule has 72 valence electrons. The lowest BCUT2D eigenvalue weighted by atomic mass is 10.3. The summed E-state index contributed by atoms with van der Waals surface area (Å²) in [6.07, 6.45) is 1.23. The molecule has 0 aliphatic rings. The summed E-state index contributed by atoms with van der Waals surface area (Å²) in [5.74, 6) is 0.833. The van der Waals surface area contributed by atoms with E-state index in [0.717, 1.165) is 12.5 Å². The van der Waals surface area contributed by atoms with Crippen LogP contribution in [0, 0.1) is 5.92 Å². The van der Waals surface area contributed by atoms with Crippen LogP contribution in [0.2, 0.25) is 0 Å². The Morgan fingerprint density at radius 3 is 1.36 bits per heavy atom. The molecule has 1 heteroatoms. The van der Waals surface area contributed by atoms with E-state index in [1.165, 1.54) is 6.42 Å². The first kappa shape index (κ1) is 17.2. The van der Waals surface area contributed by atoms with Crippen molar-refractivity contribution < 1.29 is 0 Å². The predicted octanol–water partition coefficient (Wildman–Crippen LogP) is 3.30. The van der Waals surface area contributed by atoms with Crippen LogP contribution in [-0.4, -0.2) is 13.6 Å². The highest BCUT2D eigenvalue weighted by Crippen LogP contribution is 1.81. The first-order chi connectivity index (χ1) is 5.15. The van der Waals surface area contributed by atoms with Gasteiger partial charge >= 0.3 is 0 Å². The summed E-state index contributed by atoms with van der Waals surface area (Å²) in [7, 11) is 1.96. The van der Waals surface area contributed by atoms with Gasteiger partial charge < -0.3 is 5.32 Å². The lowest BCUT2D eigenvalue weighted by Gasteiger charge is -1.84. The van der Waals surface area contributed by atoms with E-state index in [9.17, 15) is 0 Å². The standard InChI is InChI=1S/C4H11N.C4H10.C2H6/c1-3-4-5-2;1-4(2)3;1-2/h5H,3-4H2,1-2H3;4H,1-3H3;1-2H3. The Morgan fingerprint density at radius 1 is 1.09 bits per heavy atom. The van der Waals surface area contributed by atoms with Crippen LogP contribution >= 0.6 is 0 Å². The molecule has 0 atom stereocenters. The first-order valence-electron chi connectivity index (χ1n) is 4.79. The summed E-state index contributed by atoms with van der Waals surface area (Å²) in [4.78, 5) is 0. The summed E-state index contributed by atoms with van der Waals surface area (Å²) in [6, 6.07) is 0. The third-order valence-electron chi connectivity index (χ3n) is 0.500. The van der Waals surface area contributed by atoms with Gasteiger partial charge in [0, 0.05) is 0 Å². The molecule has 0 saturated carbocycles. The van der Waals surface area contributed by atoms with Crippen molar-refractivity contribution in [3.05, 3.63) is 0 Å². The maximum Gasteiger partial charge on any atom is -0.00546 e. The summed E-state index contributed by atoms with van der Waals surface area (Å²) in [6.45, 7) is 13.8. The molecule has 0 rings (SSSR count). The molecule has 0 spiro atoms. The van der Waals surface area contributed by atoms with Crippen LogP contribution in [0.25, 0.3) is 0 Å². The molecule has 0 aromatic carbocycles. The Morgan fingerprint density at radius 2 is 1.36 bits per heavy atom. The third-order valence-corrected chi connectivity index (χ3v) is 0.500. The van der Waals surface area contributed by atoms with Crippen molar-refractivity contribution in [3.8, 4) is 0 Å². The van der Waals surface area contributed by atoms with Gasteiger partial charge in [-0.15, -0.1) is 0 Å². The predicted molar refractivity (Wildman–Crippen MR) is 56.1 cm³/mol. The summed E-state index contributed by atoms with van der Waals surface area (Å²) in [5, 5.41) is 3.02. The van der Waals surface area contributed by atoms with Gasteiger partial charge in [-0.2, -0.15) is 0 Å². The van der Waals surface area contributed by atoms with Gasteiger partial charge in [0.25, 0.3) is 0 Å². The van der Waals surface area contributed by atoms with Gasteiger partial charge in [0.1, 0.15) is 0 Å². The van der Waals surface area contributed by atoms with Gasteiger partial charge in [0.2, 0.25) is 0 Å². The lowest BCUT2D eigenvalue weighted by Crippen LogP contribution is -2.04. The fourth-order valence-corrected chi connectivity index (χ4v) is 0.250. The number of hydrogen-bond acceptors (Lipinski definition) is 1. The van der Waals surface area contributed by atoms with E-state index in [1.807, 2.05) is 20.9 Å². The number of hydrogen-bond donors (Lipinski definition) is 1. The number of nitrogens with one attached hydrogen (secondary N) is 1. The van der Waals surface area contributed by atoms with Crippen LogP contribution in [0.1, 0.15) is 48.0 Å². The second kappa shape index (κ2) is 22.5. The fraction of sp³-hybridized carbons (Fsp3) is 1.00. The van der Waals surface area contributed by atoms with Gasteiger partial charge in [0.05, 0.1) is 0 Å². The average molecular weight is 161 g/mol. The van der Waals surface area contributed by atoms with Crippen molar-refractivity contribution in [3.63, 3.8) is 0 Å². The minimum Gasteiger partial charge on any atom is -0.320 e. The van der Waals surface area contributed by atoms with E-state index >= 15 is 0 Å². The third kappa shape index (κ3) is 164. The molecule has 11 heavy (non-hydrogen) atoms. The van der Waals surface area contributed by atoms with Crippen LogP contribution in [0.3, 0.4) is 0 Å². The first-order valence-corrected chi connectivity index (χ1v) is 4.79. The van der Waals surface area contributed by atoms with E-state index in [4.69, 9.17) is 0 Å². The molecule has 0 fully saturated rings. The second-order valence-electron chi connectivity index (χ2n) is 2.84. The highest BCUT2D eigenvalue weighted by Gasteiger charge is 1.68. The van der Waals surface area contributed by atoms with Gasteiger partial charge in [-0.25, -0.2) is 0 Å². The Kier molecular flexibility index (Phi) is 35.1. The highest BCUT2D eigenvalue weighted by atomic mass is 14.8. The minimum atomic E-state index is 0.833. The van der Waals surface area contributed by atoms with E-state index in [0.29, 0.717) is 0 Å². The molecule has 0 heterocycles. The van der Waals surface area contributed by atoms with Crippen molar-refractivity contribution in [2.75, 3.05) is 13.6 Å². The Hall–Kier alpha value is -0.0400. The zero-order valence-electron chi connectivity index (χ0n) is 9.49. The van der Waals surface area contributed by atoms with Crippen molar-refractivity contribution >= 4 is 0 Å². The molecule has 0 radical (unpaired) electrons. The van der Waals surface area contributed by atoms with Gasteiger partial charge in [-0.05, 0) is 25.9 Å². The topological polar surface area (TPSA) is 12.0 Å². The summed E-state index contributed by atoms with van der Waals surface area (Å²) >= 11 is 0. The SMILES string of the molecule is CC.CC(C)C.CCCNC. The molecule has 0 aromatic rings. The van der Waals surface area contributed by atoms with Crippen molar-refractivity contribution in [2.45, 2.75) is 48.0 Å². The Balaban J connectivity index is -0.0000000965. The molecule has 0 unspecified atom stereocenters. The summed E-state index contributed by atoms with van der Waals surface area (Å²) < 4.78 is 0. The highest BCUT2D eigenvalue weighted by molar-refractivity contribution is 4.28. The molecule has 0 aliphatic heterocycles. The maximum atomic E-state index is 3.02. The van der Waals surface area contributed by atoms with E-state index < -0.39 is 0 Å². The molecular formula is C10H27N. The molecule has 1 nitrogen and oxygen atoms in total. The van der Waals surface area contributed by atoms with Gasteiger partial charge in [-0.1, -0.05) is 41.5 Å². The van der Waals surface area contributed by atoms with Crippen LogP contribution in [0.15, 0.2) is 0 Å². The molecule has 0 bridgehead atoms. The van der Waals surface area contributed by atoms with Gasteiger partial charge in [-0.3, -0.25) is 0 Å². The van der Waals surface area contributed by atoms with E-state index in [1.54, 1.807) is 0 Å². The largest absolute Gasteiger partial charge is 0.320 e. The zero-order valence-corrected chi connectivity index (χ0v) is 9.49. The minimum absolute atomic E-state index is 0.833. The monoisotopic (exact) mass is 161 g/mol. The molecule has 0 aromatic heterocycles. The maximum absolute atomic E-state index is 3.02. The van der Waals surface area contributed by atoms with Crippen LogP contribution < -0.4 is 5.32 Å². The van der Waals surface area contributed by atoms with E-state index in [2.05, 4.69) is 33.0 Å².